The van der Waals surface area contributed by atoms with Crippen molar-refractivity contribution in [2.75, 3.05) is 0 Å². The van der Waals surface area contributed by atoms with Crippen LogP contribution in [0.25, 0.3) is 11.3 Å². The molecule has 0 N–H and O–H groups in total. The van der Waals surface area contributed by atoms with Crippen molar-refractivity contribution in [3.05, 3.63) is 41.4 Å². The Morgan fingerprint density at radius 3 is 2.56 bits per heavy atom. The molecule has 1 aromatic carbocycles. The molecule has 0 aliphatic carbocycles. The lowest BCUT2D eigenvalue weighted by atomic mass is 9.92. The number of hydrogen-bond acceptors (Lipinski definition) is 2. The average Bonchev–Trinajstić information content (AvgIpc) is 2.72. The molecule has 1 aromatic heterocycles. The lowest BCUT2D eigenvalue weighted by molar-refractivity contribution is 0.396. The van der Waals surface area contributed by atoms with Gasteiger partial charge in [0.2, 0.25) is 0 Å². The SMILES string of the molecule is CCCC(C)c1c(-c2ccc(F)cc2)noc1C. The molecule has 0 aliphatic heterocycles. The standard InChI is InChI=1S/C15H18FNO/c1-4-5-10(2)14-11(3)18-17-15(14)12-6-8-13(16)9-7-12/h6-10H,4-5H2,1-3H3. The van der Waals surface area contributed by atoms with E-state index in [1.807, 2.05) is 6.92 Å². The number of rotatable bonds is 4. The van der Waals surface area contributed by atoms with Gasteiger partial charge >= 0.3 is 0 Å². The summed E-state index contributed by atoms with van der Waals surface area (Å²) in [5.74, 6) is 1.03. The van der Waals surface area contributed by atoms with E-state index in [0.29, 0.717) is 5.92 Å². The van der Waals surface area contributed by atoms with Crippen LogP contribution in [-0.4, -0.2) is 5.16 Å². The van der Waals surface area contributed by atoms with E-state index in [2.05, 4.69) is 19.0 Å². The van der Waals surface area contributed by atoms with Crippen molar-refractivity contribution in [3.8, 4) is 11.3 Å². The number of aromatic nitrogens is 1. The topological polar surface area (TPSA) is 26.0 Å². The fourth-order valence-electron chi connectivity index (χ4n) is 2.35. The van der Waals surface area contributed by atoms with Crippen LogP contribution in [0.3, 0.4) is 0 Å². The van der Waals surface area contributed by atoms with Gasteiger partial charge in [0.1, 0.15) is 17.3 Å². The van der Waals surface area contributed by atoms with Crippen molar-refractivity contribution >= 4 is 0 Å². The molecule has 1 heterocycles. The van der Waals surface area contributed by atoms with Gasteiger partial charge in [-0.2, -0.15) is 0 Å². The Bertz CT molecular complexity index is 516. The molecule has 0 bridgehead atoms. The second-order valence-electron chi connectivity index (χ2n) is 4.70. The number of halogens is 1. The minimum atomic E-state index is -0.234. The van der Waals surface area contributed by atoms with E-state index in [9.17, 15) is 4.39 Å². The first-order valence-electron chi connectivity index (χ1n) is 6.35. The van der Waals surface area contributed by atoms with Crippen LogP contribution in [0, 0.1) is 12.7 Å². The highest BCUT2D eigenvalue weighted by Crippen LogP contribution is 2.33. The highest BCUT2D eigenvalue weighted by Gasteiger charge is 2.19. The monoisotopic (exact) mass is 247 g/mol. The van der Waals surface area contributed by atoms with Gasteiger partial charge in [0.05, 0.1) is 0 Å². The zero-order chi connectivity index (χ0) is 13.1. The Kier molecular flexibility index (Phi) is 3.80. The first-order chi connectivity index (χ1) is 8.63. The lowest BCUT2D eigenvalue weighted by Crippen LogP contribution is -1.96. The summed E-state index contributed by atoms with van der Waals surface area (Å²) in [4.78, 5) is 0. The molecule has 0 aliphatic rings. The summed E-state index contributed by atoms with van der Waals surface area (Å²) in [6.45, 7) is 6.27. The van der Waals surface area contributed by atoms with E-state index in [1.165, 1.54) is 12.1 Å². The normalized spacial score (nSPS) is 12.7. The Balaban J connectivity index is 2.42. The molecule has 2 nitrogen and oxygen atoms in total. The summed E-state index contributed by atoms with van der Waals surface area (Å²) in [7, 11) is 0. The van der Waals surface area contributed by atoms with Gasteiger partial charge in [-0.05, 0) is 43.5 Å². The van der Waals surface area contributed by atoms with E-state index >= 15 is 0 Å². The Morgan fingerprint density at radius 1 is 1.28 bits per heavy atom. The van der Waals surface area contributed by atoms with E-state index in [0.717, 1.165) is 35.4 Å². The Labute approximate surface area is 107 Å². The van der Waals surface area contributed by atoms with Gasteiger partial charge in [-0.1, -0.05) is 25.4 Å². The molecule has 2 rings (SSSR count). The number of nitrogens with zero attached hydrogens (tertiary/aromatic N) is 1. The predicted molar refractivity (Wildman–Crippen MR) is 70.0 cm³/mol. The molecule has 0 radical (unpaired) electrons. The van der Waals surface area contributed by atoms with Crippen molar-refractivity contribution < 1.29 is 8.91 Å². The van der Waals surface area contributed by atoms with E-state index < -0.39 is 0 Å². The molecule has 1 unspecified atom stereocenters. The van der Waals surface area contributed by atoms with Gasteiger partial charge in [0.15, 0.2) is 0 Å². The third-order valence-corrected chi connectivity index (χ3v) is 3.24. The smallest absolute Gasteiger partial charge is 0.137 e. The maximum Gasteiger partial charge on any atom is 0.137 e. The maximum absolute atomic E-state index is 12.9. The molecular weight excluding hydrogens is 229 g/mol. The number of aryl methyl sites for hydroxylation is 1. The van der Waals surface area contributed by atoms with Gasteiger partial charge < -0.3 is 4.52 Å². The highest BCUT2D eigenvalue weighted by molar-refractivity contribution is 5.64. The highest BCUT2D eigenvalue weighted by atomic mass is 19.1. The quantitative estimate of drug-likeness (QED) is 0.783. The number of hydrogen-bond donors (Lipinski definition) is 0. The first-order valence-corrected chi connectivity index (χ1v) is 6.35. The molecule has 2 aromatic rings. The molecule has 96 valence electrons. The Hall–Kier alpha value is -1.64. The molecule has 0 saturated heterocycles. The molecular formula is C15H18FNO. The minimum Gasteiger partial charge on any atom is -0.361 e. The van der Waals surface area contributed by atoms with Crippen LogP contribution in [0.15, 0.2) is 28.8 Å². The fourth-order valence-corrected chi connectivity index (χ4v) is 2.35. The summed E-state index contributed by atoms with van der Waals surface area (Å²) in [6.07, 6.45) is 2.21. The van der Waals surface area contributed by atoms with Crippen molar-refractivity contribution in [1.82, 2.24) is 5.16 Å². The van der Waals surface area contributed by atoms with Crippen LogP contribution in [0.5, 0.6) is 0 Å². The third-order valence-electron chi connectivity index (χ3n) is 3.24. The first kappa shape index (κ1) is 12.8. The summed E-state index contributed by atoms with van der Waals surface area (Å²) < 4.78 is 18.2. The van der Waals surface area contributed by atoms with Crippen molar-refractivity contribution in [2.24, 2.45) is 0 Å². The van der Waals surface area contributed by atoms with Crippen LogP contribution in [0.2, 0.25) is 0 Å². The summed E-state index contributed by atoms with van der Waals surface area (Å²) in [5, 5.41) is 4.12. The summed E-state index contributed by atoms with van der Waals surface area (Å²) >= 11 is 0. The molecule has 18 heavy (non-hydrogen) atoms. The second kappa shape index (κ2) is 5.34. The predicted octanol–water partition coefficient (Wildman–Crippen LogP) is 4.69. The van der Waals surface area contributed by atoms with Gasteiger partial charge in [-0.3, -0.25) is 0 Å². The van der Waals surface area contributed by atoms with Crippen LogP contribution < -0.4 is 0 Å². The Morgan fingerprint density at radius 2 is 1.94 bits per heavy atom. The summed E-state index contributed by atoms with van der Waals surface area (Å²) in [5.41, 5.74) is 2.89. The van der Waals surface area contributed by atoms with Gasteiger partial charge in [-0.15, -0.1) is 0 Å². The van der Waals surface area contributed by atoms with Gasteiger partial charge in [0, 0.05) is 11.1 Å². The van der Waals surface area contributed by atoms with Crippen molar-refractivity contribution in [2.45, 2.75) is 39.5 Å². The minimum absolute atomic E-state index is 0.234. The van der Waals surface area contributed by atoms with Crippen LogP contribution in [-0.2, 0) is 0 Å². The maximum atomic E-state index is 12.9. The third kappa shape index (κ3) is 2.45. The van der Waals surface area contributed by atoms with Gasteiger partial charge in [0.25, 0.3) is 0 Å². The molecule has 0 spiro atoms. The fraction of sp³-hybridized carbons (Fsp3) is 0.400. The van der Waals surface area contributed by atoms with E-state index in [1.54, 1.807) is 12.1 Å². The van der Waals surface area contributed by atoms with E-state index in [4.69, 9.17) is 4.52 Å². The zero-order valence-electron chi connectivity index (χ0n) is 11.0. The van der Waals surface area contributed by atoms with Gasteiger partial charge in [-0.25, -0.2) is 4.39 Å². The molecule has 1 atom stereocenters. The lowest BCUT2D eigenvalue weighted by Gasteiger charge is -2.10. The zero-order valence-corrected chi connectivity index (χ0v) is 11.0. The largest absolute Gasteiger partial charge is 0.361 e. The van der Waals surface area contributed by atoms with Crippen molar-refractivity contribution in [1.29, 1.82) is 0 Å². The summed E-state index contributed by atoms with van der Waals surface area (Å²) in [6, 6.07) is 6.39. The van der Waals surface area contributed by atoms with Crippen LogP contribution in [0.4, 0.5) is 4.39 Å². The second-order valence-corrected chi connectivity index (χ2v) is 4.70. The molecule has 0 fully saturated rings. The molecule has 0 saturated carbocycles. The van der Waals surface area contributed by atoms with E-state index in [-0.39, 0.29) is 5.82 Å². The van der Waals surface area contributed by atoms with Crippen LogP contribution >= 0.6 is 0 Å². The number of benzene rings is 1. The molecule has 3 heteroatoms. The van der Waals surface area contributed by atoms with Crippen LogP contribution in [0.1, 0.15) is 43.9 Å². The average molecular weight is 247 g/mol. The molecule has 0 amide bonds. The van der Waals surface area contributed by atoms with Crippen molar-refractivity contribution in [3.63, 3.8) is 0 Å².